The van der Waals surface area contributed by atoms with E-state index in [1.165, 1.54) is 11.1 Å². The molecule has 1 amide bonds. The fourth-order valence-corrected chi connectivity index (χ4v) is 3.64. The maximum Gasteiger partial charge on any atom is 0.255 e. The zero-order valence-corrected chi connectivity index (χ0v) is 16.9. The summed E-state index contributed by atoms with van der Waals surface area (Å²) >= 11 is 0. The van der Waals surface area contributed by atoms with E-state index in [2.05, 4.69) is 41.1 Å². The highest BCUT2D eigenvalue weighted by molar-refractivity contribution is 6.04. The van der Waals surface area contributed by atoms with Gasteiger partial charge in [0.25, 0.3) is 5.91 Å². The number of benzene rings is 3. The number of fused-ring (bicyclic) bond motifs is 1. The summed E-state index contributed by atoms with van der Waals surface area (Å²) in [5.41, 5.74) is 6.03. The standard InChI is InChI=1S/C25H25N3O/c1-3-28-23-10-5-4-9-22(23)27-24(28)16-13-19-7-6-8-21(17-19)26-25(29)20-14-11-18(2)12-15-20/h4-12,14-15,17H,3,13,16H2,1-2H3,(H,26,29). The van der Waals surface area contributed by atoms with E-state index in [0.717, 1.165) is 42.0 Å². The van der Waals surface area contributed by atoms with E-state index in [4.69, 9.17) is 4.98 Å². The summed E-state index contributed by atoms with van der Waals surface area (Å²) in [6, 6.07) is 23.9. The van der Waals surface area contributed by atoms with Crippen LogP contribution in [-0.4, -0.2) is 15.5 Å². The van der Waals surface area contributed by atoms with E-state index >= 15 is 0 Å². The number of nitrogens with zero attached hydrogens (tertiary/aromatic N) is 2. The highest BCUT2D eigenvalue weighted by atomic mass is 16.1. The molecule has 0 unspecified atom stereocenters. The number of imidazole rings is 1. The molecule has 0 radical (unpaired) electrons. The van der Waals surface area contributed by atoms with Gasteiger partial charge >= 0.3 is 0 Å². The summed E-state index contributed by atoms with van der Waals surface area (Å²) in [5.74, 6) is 1.01. The third-order valence-electron chi connectivity index (χ3n) is 5.19. The van der Waals surface area contributed by atoms with Gasteiger partial charge in [-0.1, -0.05) is 42.0 Å². The van der Waals surface area contributed by atoms with Gasteiger partial charge in [0.15, 0.2) is 0 Å². The van der Waals surface area contributed by atoms with Crippen LogP contribution in [0.4, 0.5) is 5.69 Å². The van der Waals surface area contributed by atoms with Crippen LogP contribution in [0.1, 0.15) is 34.2 Å². The van der Waals surface area contributed by atoms with Crippen molar-refractivity contribution in [2.24, 2.45) is 0 Å². The van der Waals surface area contributed by atoms with E-state index < -0.39 is 0 Å². The van der Waals surface area contributed by atoms with Gasteiger partial charge in [0.05, 0.1) is 11.0 Å². The molecule has 4 aromatic rings. The SMILES string of the molecule is CCn1c(CCc2cccc(NC(=O)c3ccc(C)cc3)c2)nc2ccccc21. The Morgan fingerprint density at radius 3 is 2.55 bits per heavy atom. The predicted molar refractivity (Wildman–Crippen MR) is 118 cm³/mol. The van der Waals surface area contributed by atoms with Crippen LogP contribution in [0.5, 0.6) is 0 Å². The maximum atomic E-state index is 12.5. The number of para-hydroxylation sites is 2. The van der Waals surface area contributed by atoms with Gasteiger partial charge in [-0.05, 0) is 62.2 Å². The molecule has 4 heteroatoms. The number of anilines is 1. The lowest BCUT2D eigenvalue weighted by molar-refractivity contribution is 0.102. The largest absolute Gasteiger partial charge is 0.328 e. The first kappa shape index (κ1) is 18.9. The van der Waals surface area contributed by atoms with Gasteiger partial charge in [0.1, 0.15) is 5.82 Å². The molecule has 1 N–H and O–H groups in total. The molecule has 29 heavy (non-hydrogen) atoms. The number of carbonyl (C=O) groups excluding carboxylic acids is 1. The van der Waals surface area contributed by atoms with Crippen molar-refractivity contribution in [3.05, 3.63) is 95.3 Å². The molecule has 1 aromatic heterocycles. The fraction of sp³-hybridized carbons (Fsp3) is 0.200. The van der Waals surface area contributed by atoms with Crippen molar-refractivity contribution in [1.29, 1.82) is 0 Å². The van der Waals surface area contributed by atoms with E-state index in [0.29, 0.717) is 5.56 Å². The molecule has 0 aliphatic rings. The first-order chi connectivity index (χ1) is 14.1. The number of carbonyl (C=O) groups is 1. The number of hydrogen-bond donors (Lipinski definition) is 1. The van der Waals surface area contributed by atoms with Gasteiger partial charge in [-0.2, -0.15) is 0 Å². The topological polar surface area (TPSA) is 46.9 Å². The Balaban J connectivity index is 1.47. The molecule has 1 heterocycles. The van der Waals surface area contributed by atoms with Crippen LogP contribution in [0.3, 0.4) is 0 Å². The third kappa shape index (κ3) is 4.21. The van der Waals surface area contributed by atoms with Crippen LogP contribution >= 0.6 is 0 Å². The monoisotopic (exact) mass is 383 g/mol. The Hall–Kier alpha value is -3.40. The lowest BCUT2D eigenvalue weighted by Crippen LogP contribution is -2.12. The lowest BCUT2D eigenvalue weighted by atomic mass is 10.1. The second kappa shape index (κ2) is 8.31. The number of aromatic nitrogens is 2. The van der Waals surface area contributed by atoms with E-state index in [1.807, 2.05) is 55.5 Å². The molecule has 0 spiro atoms. The van der Waals surface area contributed by atoms with Gasteiger partial charge < -0.3 is 9.88 Å². The Morgan fingerprint density at radius 2 is 1.76 bits per heavy atom. The number of nitrogens with one attached hydrogen (secondary N) is 1. The molecule has 0 saturated heterocycles. The van der Waals surface area contributed by atoms with Crippen molar-refractivity contribution in [1.82, 2.24) is 9.55 Å². The smallest absolute Gasteiger partial charge is 0.255 e. The summed E-state index contributed by atoms with van der Waals surface area (Å²) in [6.07, 6.45) is 1.73. The second-order valence-electron chi connectivity index (χ2n) is 7.28. The first-order valence-electron chi connectivity index (χ1n) is 10.0. The van der Waals surface area contributed by atoms with Gasteiger partial charge in [-0.25, -0.2) is 4.98 Å². The second-order valence-corrected chi connectivity index (χ2v) is 7.28. The minimum absolute atomic E-state index is 0.0880. The zero-order valence-electron chi connectivity index (χ0n) is 16.9. The van der Waals surface area contributed by atoms with Crippen LogP contribution in [0.15, 0.2) is 72.8 Å². The van der Waals surface area contributed by atoms with Crippen LogP contribution in [0, 0.1) is 6.92 Å². The van der Waals surface area contributed by atoms with Gasteiger partial charge in [-0.15, -0.1) is 0 Å². The Kier molecular flexibility index (Phi) is 5.43. The molecule has 4 nitrogen and oxygen atoms in total. The number of aryl methyl sites for hydroxylation is 4. The average molecular weight is 383 g/mol. The van der Waals surface area contributed by atoms with Crippen LogP contribution in [0.25, 0.3) is 11.0 Å². The Morgan fingerprint density at radius 1 is 0.966 bits per heavy atom. The molecule has 0 aliphatic carbocycles. The number of amides is 1. The van der Waals surface area contributed by atoms with Crippen molar-refractivity contribution in [2.45, 2.75) is 33.2 Å². The molecular formula is C25H25N3O. The minimum Gasteiger partial charge on any atom is -0.328 e. The summed E-state index contributed by atoms with van der Waals surface area (Å²) in [7, 11) is 0. The molecule has 4 rings (SSSR count). The molecule has 0 saturated carbocycles. The van der Waals surface area contributed by atoms with Crippen molar-refractivity contribution in [2.75, 3.05) is 5.32 Å². The molecule has 0 aliphatic heterocycles. The molecule has 0 bridgehead atoms. The van der Waals surface area contributed by atoms with Crippen LogP contribution in [0.2, 0.25) is 0 Å². The summed E-state index contributed by atoms with van der Waals surface area (Å²) < 4.78 is 2.28. The van der Waals surface area contributed by atoms with E-state index in [-0.39, 0.29) is 5.91 Å². The van der Waals surface area contributed by atoms with Gasteiger partial charge in [0.2, 0.25) is 0 Å². The van der Waals surface area contributed by atoms with Crippen LogP contribution in [-0.2, 0) is 19.4 Å². The van der Waals surface area contributed by atoms with Crippen molar-refractivity contribution < 1.29 is 4.79 Å². The normalized spacial score (nSPS) is 11.0. The van der Waals surface area contributed by atoms with E-state index in [1.54, 1.807) is 0 Å². The van der Waals surface area contributed by atoms with Crippen molar-refractivity contribution in [3.63, 3.8) is 0 Å². The van der Waals surface area contributed by atoms with Gasteiger partial charge in [0, 0.05) is 24.2 Å². The number of hydrogen-bond acceptors (Lipinski definition) is 2. The quantitative estimate of drug-likeness (QED) is 0.484. The average Bonchev–Trinajstić information content (AvgIpc) is 3.10. The maximum absolute atomic E-state index is 12.5. The molecule has 3 aromatic carbocycles. The number of rotatable bonds is 6. The predicted octanol–water partition coefficient (Wildman–Crippen LogP) is 5.40. The molecule has 146 valence electrons. The Labute approximate surface area is 171 Å². The fourth-order valence-electron chi connectivity index (χ4n) is 3.64. The first-order valence-corrected chi connectivity index (χ1v) is 10.0. The summed E-state index contributed by atoms with van der Waals surface area (Å²) in [6.45, 7) is 5.07. The molecule has 0 atom stereocenters. The highest BCUT2D eigenvalue weighted by Gasteiger charge is 2.10. The minimum atomic E-state index is -0.0880. The van der Waals surface area contributed by atoms with Crippen LogP contribution < -0.4 is 5.32 Å². The zero-order chi connectivity index (χ0) is 20.2. The summed E-state index contributed by atoms with van der Waals surface area (Å²) in [5, 5.41) is 3.00. The molecule has 0 fully saturated rings. The summed E-state index contributed by atoms with van der Waals surface area (Å²) in [4.78, 5) is 17.3. The Bertz CT molecular complexity index is 1140. The van der Waals surface area contributed by atoms with Crippen molar-refractivity contribution in [3.8, 4) is 0 Å². The third-order valence-corrected chi connectivity index (χ3v) is 5.19. The lowest BCUT2D eigenvalue weighted by Gasteiger charge is -2.09. The van der Waals surface area contributed by atoms with Crippen molar-refractivity contribution >= 4 is 22.6 Å². The highest BCUT2D eigenvalue weighted by Crippen LogP contribution is 2.19. The molecular weight excluding hydrogens is 358 g/mol. The van der Waals surface area contributed by atoms with E-state index in [9.17, 15) is 4.79 Å². The van der Waals surface area contributed by atoms with Gasteiger partial charge in [-0.3, -0.25) is 4.79 Å².